The van der Waals surface area contributed by atoms with Crippen molar-refractivity contribution in [2.75, 3.05) is 27.9 Å². The van der Waals surface area contributed by atoms with Crippen molar-refractivity contribution in [1.82, 2.24) is 0 Å². The molecule has 0 spiro atoms. The second-order valence-electron chi connectivity index (χ2n) is 5.79. The Bertz CT molecular complexity index is 1080. The molecular formula is C21H20O7. The van der Waals surface area contributed by atoms with Gasteiger partial charge in [-0.05, 0) is 36.8 Å². The van der Waals surface area contributed by atoms with E-state index in [1.165, 1.54) is 21.3 Å². The van der Waals surface area contributed by atoms with Gasteiger partial charge in [-0.2, -0.15) is 0 Å². The fraction of sp³-hybridized carbons (Fsp3) is 0.238. The van der Waals surface area contributed by atoms with Crippen LogP contribution in [-0.4, -0.2) is 33.9 Å². The number of fused-ring (bicyclic) bond motifs is 1. The van der Waals surface area contributed by atoms with Crippen molar-refractivity contribution in [2.24, 2.45) is 0 Å². The van der Waals surface area contributed by atoms with E-state index in [0.29, 0.717) is 28.2 Å². The predicted octanol–water partition coefficient (Wildman–Crippen LogP) is 3.66. The molecule has 0 N–H and O–H groups in total. The topological polar surface area (TPSA) is 84.2 Å². The fourth-order valence-corrected chi connectivity index (χ4v) is 2.89. The van der Waals surface area contributed by atoms with Crippen molar-refractivity contribution < 1.29 is 28.2 Å². The van der Waals surface area contributed by atoms with Gasteiger partial charge in [-0.3, -0.25) is 4.79 Å². The first-order valence-corrected chi connectivity index (χ1v) is 8.58. The van der Waals surface area contributed by atoms with Crippen molar-refractivity contribution in [1.29, 1.82) is 0 Å². The molecule has 3 aromatic rings. The summed E-state index contributed by atoms with van der Waals surface area (Å²) >= 11 is 0. The van der Waals surface area contributed by atoms with E-state index < -0.39 is 5.97 Å². The Morgan fingerprint density at radius 2 is 1.71 bits per heavy atom. The normalized spacial score (nSPS) is 10.6. The lowest BCUT2D eigenvalue weighted by atomic mass is 10.0. The molecule has 0 bridgehead atoms. The number of methoxy groups -OCH3 is 3. The lowest BCUT2D eigenvalue weighted by Gasteiger charge is -2.12. The highest BCUT2D eigenvalue weighted by Gasteiger charge is 2.24. The van der Waals surface area contributed by atoms with Gasteiger partial charge in [-0.1, -0.05) is 6.07 Å². The molecule has 0 aliphatic carbocycles. The zero-order valence-corrected chi connectivity index (χ0v) is 16.0. The van der Waals surface area contributed by atoms with Crippen LogP contribution in [0.2, 0.25) is 0 Å². The highest BCUT2D eigenvalue weighted by atomic mass is 16.5. The molecule has 146 valence electrons. The predicted molar refractivity (Wildman–Crippen MR) is 104 cm³/mol. The summed E-state index contributed by atoms with van der Waals surface area (Å²) in [5, 5.41) is 0.318. The van der Waals surface area contributed by atoms with Gasteiger partial charge >= 0.3 is 5.97 Å². The van der Waals surface area contributed by atoms with Crippen molar-refractivity contribution in [3.8, 4) is 28.4 Å². The molecule has 0 fully saturated rings. The minimum atomic E-state index is -0.728. The standard InChI is InChI=1S/C21H20O7/c1-5-27-21(23)20-18(12-6-9-15(25-3)17(10-12)26-4)19(22)14-8-7-13(24-2)11-16(14)28-20/h6-11H,5H2,1-4H3. The second kappa shape index (κ2) is 8.04. The van der Waals surface area contributed by atoms with E-state index in [2.05, 4.69) is 0 Å². The molecule has 0 amide bonds. The molecule has 7 nitrogen and oxygen atoms in total. The first-order chi connectivity index (χ1) is 13.5. The maximum absolute atomic E-state index is 13.2. The van der Waals surface area contributed by atoms with Crippen LogP contribution in [0.4, 0.5) is 0 Å². The van der Waals surface area contributed by atoms with Crippen LogP contribution in [0.3, 0.4) is 0 Å². The number of ether oxygens (including phenoxy) is 4. The Kier molecular flexibility index (Phi) is 5.54. The highest BCUT2D eigenvalue weighted by Crippen LogP contribution is 2.34. The second-order valence-corrected chi connectivity index (χ2v) is 5.79. The molecule has 3 rings (SSSR count). The number of esters is 1. The van der Waals surface area contributed by atoms with Crippen LogP contribution < -0.4 is 19.6 Å². The molecule has 0 saturated carbocycles. The molecule has 0 aliphatic heterocycles. The van der Waals surface area contributed by atoms with E-state index in [0.717, 1.165) is 0 Å². The van der Waals surface area contributed by atoms with Crippen LogP contribution >= 0.6 is 0 Å². The van der Waals surface area contributed by atoms with Crippen LogP contribution in [0.5, 0.6) is 17.2 Å². The first kappa shape index (κ1) is 19.3. The third-order valence-corrected chi connectivity index (χ3v) is 4.23. The maximum atomic E-state index is 13.2. The number of carbonyl (C=O) groups excluding carboxylic acids is 1. The molecule has 0 atom stereocenters. The minimum absolute atomic E-state index is 0.0945. The average molecular weight is 384 g/mol. The van der Waals surface area contributed by atoms with Crippen LogP contribution in [0, 0.1) is 0 Å². The SMILES string of the molecule is CCOC(=O)c1oc2cc(OC)ccc2c(=O)c1-c1ccc(OC)c(OC)c1. The van der Waals surface area contributed by atoms with Crippen LogP contribution in [-0.2, 0) is 4.74 Å². The molecule has 0 saturated heterocycles. The molecule has 0 unspecified atom stereocenters. The average Bonchev–Trinajstić information content (AvgIpc) is 2.72. The third kappa shape index (κ3) is 3.38. The summed E-state index contributed by atoms with van der Waals surface area (Å²) in [6, 6.07) is 9.73. The Morgan fingerprint density at radius 1 is 0.964 bits per heavy atom. The third-order valence-electron chi connectivity index (χ3n) is 4.23. The fourth-order valence-electron chi connectivity index (χ4n) is 2.89. The summed E-state index contributed by atoms with van der Waals surface area (Å²) in [5.74, 6) is 0.515. The van der Waals surface area contributed by atoms with E-state index >= 15 is 0 Å². The lowest BCUT2D eigenvalue weighted by Crippen LogP contribution is -2.15. The molecule has 7 heteroatoms. The van der Waals surface area contributed by atoms with E-state index in [1.807, 2.05) is 0 Å². The molecule has 0 radical (unpaired) electrons. The van der Waals surface area contributed by atoms with Gasteiger partial charge in [0.15, 0.2) is 11.5 Å². The van der Waals surface area contributed by atoms with Gasteiger partial charge in [0.1, 0.15) is 11.3 Å². The Balaban J connectivity index is 2.33. The van der Waals surface area contributed by atoms with Gasteiger partial charge in [0, 0.05) is 6.07 Å². The van der Waals surface area contributed by atoms with Gasteiger partial charge < -0.3 is 23.4 Å². The van der Waals surface area contributed by atoms with E-state index in [4.69, 9.17) is 23.4 Å². The lowest BCUT2D eigenvalue weighted by molar-refractivity contribution is 0.0492. The molecular weight excluding hydrogens is 364 g/mol. The van der Waals surface area contributed by atoms with Crippen molar-refractivity contribution >= 4 is 16.9 Å². The summed E-state index contributed by atoms with van der Waals surface area (Å²) < 4.78 is 26.6. The monoisotopic (exact) mass is 384 g/mol. The number of benzene rings is 2. The summed E-state index contributed by atoms with van der Waals surface area (Å²) in [5.41, 5.74) is 0.417. The Labute approximate surface area is 161 Å². The molecule has 1 aromatic heterocycles. The minimum Gasteiger partial charge on any atom is -0.497 e. The molecule has 2 aromatic carbocycles. The van der Waals surface area contributed by atoms with Crippen molar-refractivity contribution in [3.05, 3.63) is 52.4 Å². The highest BCUT2D eigenvalue weighted by molar-refractivity contribution is 5.98. The van der Waals surface area contributed by atoms with Crippen molar-refractivity contribution in [3.63, 3.8) is 0 Å². The zero-order valence-electron chi connectivity index (χ0n) is 16.0. The number of rotatable bonds is 6. The summed E-state index contributed by atoms with van der Waals surface area (Å²) in [6.07, 6.45) is 0. The van der Waals surface area contributed by atoms with Crippen LogP contribution in [0.25, 0.3) is 22.1 Å². The summed E-state index contributed by atoms with van der Waals surface area (Å²) in [4.78, 5) is 25.8. The van der Waals surface area contributed by atoms with Gasteiger partial charge in [0.25, 0.3) is 0 Å². The first-order valence-electron chi connectivity index (χ1n) is 8.58. The number of hydrogen-bond acceptors (Lipinski definition) is 7. The van der Waals surface area contributed by atoms with Crippen LogP contribution in [0.1, 0.15) is 17.5 Å². The van der Waals surface area contributed by atoms with E-state index in [-0.39, 0.29) is 28.9 Å². The summed E-state index contributed by atoms with van der Waals surface area (Å²) in [6.45, 7) is 1.82. The van der Waals surface area contributed by atoms with Gasteiger partial charge in [-0.25, -0.2) is 4.79 Å². The smallest absolute Gasteiger partial charge is 0.375 e. The quantitative estimate of drug-likeness (QED) is 0.600. The Hall–Kier alpha value is -3.48. The Morgan fingerprint density at radius 3 is 2.36 bits per heavy atom. The van der Waals surface area contributed by atoms with Crippen molar-refractivity contribution in [2.45, 2.75) is 6.92 Å². The summed E-state index contributed by atoms with van der Waals surface area (Å²) in [7, 11) is 4.51. The van der Waals surface area contributed by atoms with Crippen LogP contribution in [0.15, 0.2) is 45.6 Å². The largest absolute Gasteiger partial charge is 0.497 e. The molecule has 1 heterocycles. The molecule has 0 aliphatic rings. The molecule has 28 heavy (non-hydrogen) atoms. The van der Waals surface area contributed by atoms with Gasteiger partial charge in [-0.15, -0.1) is 0 Å². The maximum Gasteiger partial charge on any atom is 0.375 e. The van der Waals surface area contributed by atoms with E-state index in [9.17, 15) is 9.59 Å². The number of carbonyl (C=O) groups is 1. The van der Waals surface area contributed by atoms with E-state index in [1.54, 1.807) is 43.3 Å². The van der Waals surface area contributed by atoms with Gasteiger partial charge in [0.2, 0.25) is 11.2 Å². The van der Waals surface area contributed by atoms with Gasteiger partial charge in [0.05, 0.1) is 38.9 Å². The zero-order chi connectivity index (χ0) is 20.3. The number of hydrogen-bond donors (Lipinski definition) is 0.